The van der Waals surface area contributed by atoms with Crippen LogP contribution in [-0.2, 0) is 38.3 Å². The second-order valence-electron chi connectivity index (χ2n) is 17.9. The number of fused-ring (bicyclic) bond motifs is 2. The maximum Gasteiger partial charge on any atom is 0.417 e. The largest absolute Gasteiger partial charge is 0.484 e. The highest BCUT2D eigenvalue weighted by atomic mass is 32.1. The lowest BCUT2D eigenvalue weighted by atomic mass is 9.81. The monoisotopic (exact) mass is 901 g/mol. The van der Waals surface area contributed by atoms with Crippen LogP contribution in [0.3, 0.4) is 0 Å². The molecule has 0 saturated carbocycles. The van der Waals surface area contributed by atoms with Crippen LogP contribution in [0.1, 0.15) is 88.9 Å². The molecule has 1 unspecified atom stereocenters. The first-order valence-electron chi connectivity index (χ1n) is 20.9. The van der Waals surface area contributed by atoms with Crippen LogP contribution < -0.4 is 19.9 Å². The maximum absolute atomic E-state index is 15.9. The highest BCUT2D eigenvalue weighted by Gasteiger charge is 2.53. The number of ether oxygens (including phenoxy) is 2. The summed E-state index contributed by atoms with van der Waals surface area (Å²) in [5.74, 6) is -2.35. The number of carbonyl (C=O) groups excluding carboxylic acids is 5. The van der Waals surface area contributed by atoms with Crippen LogP contribution in [0, 0.1) is 17.1 Å². The van der Waals surface area contributed by atoms with Gasteiger partial charge >= 0.3 is 6.18 Å². The van der Waals surface area contributed by atoms with E-state index in [1.54, 1.807) is 12.0 Å². The molecule has 3 aromatic carbocycles. The normalized spacial score (nSPS) is 22.5. The van der Waals surface area contributed by atoms with Crippen LogP contribution in [0.15, 0.2) is 48.5 Å². The Hall–Kier alpha value is -5.97. The average Bonchev–Trinajstić information content (AvgIpc) is 3.64. The molecule has 5 amide bonds. The number of halogens is 4. The van der Waals surface area contributed by atoms with Gasteiger partial charge in [0.15, 0.2) is 5.11 Å². The average molecular weight is 902 g/mol. The van der Waals surface area contributed by atoms with E-state index in [4.69, 9.17) is 21.7 Å². The molecule has 4 saturated heterocycles. The zero-order chi connectivity index (χ0) is 45.7. The lowest BCUT2D eigenvalue weighted by Gasteiger charge is -2.54. The van der Waals surface area contributed by atoms with Gasteiger partial charge in [-0.05, 0) is 118 Å². The Kier molecular flexibility index (Phi) is 10.4. The van der Waals surface area contributed by atoms with Crippen LogP contribution in [0.25, 0.3) is 0 Å². The molecule has 19 heteroatoms. The molecule has 6 aliphatic heterocycles. The zero-order valence-corrected chi connectivity index (χ0v) is 36.0. The van der Waals surface area contributed by atoms with Crippen molar-refractivity contribution in [3.63, 3.8) is 0 Å². The van der Waals surface area contributed by atoms with Crippen LogP contribution in [0.2, 0.25) is 0 Å². The van der Waals surface area contributed by atoms with E-state index >= 15 is 4.39 Å². The van der Waals surface area contributed by atoms with Crippen LogP contribution >= 0.6 is 12.2 Å². The van der Waals surface area contributed by atoms with Crippen molar-refractivity contribution in [1.82, 2.24) is 20.0 Å². The summed E-state index contributed by atoms with van der Waals surface area (Å²) >= 11 is 5.59. The first-order chi connectivity index (χ1) is 30.3. The van der Waals surface area contributed by atoms with Gasteiger partial charge in [0.1, 0.15) is 28.7 Å². The van der Waals surface area contributed by atoms with E-state index in [-0.39, 0.29) is 53.3 Å². The summed E-state index contributed by atoms with van der Waals surface area (Å²) in [6.45, 7) is 5.75. The number of anilines is 2. The molecule has 0 aromatic heterocycles. The molecule has 1 atom stereocenters. The Labute approximate surface area is 370 Å². The number of imide groups is 1. The topological polar surface area (TPSA) is 156 Å². The molecule has 1 N–H and O–H groups in total. The number of amides is 5. The third-order valence-electron chi connectivity index (χ3n) is 13.6. The molecule has 9 rings (SSSR count). The van der Waals surface area contributed by atoms with Gasteiger partial charge in [-0.1, -0.05) is 0 Å². The Balaban J connectivity index is 0.817. The zero-order valence-electron chi connectivity index (χ0n) is 35.1. The molecule has 6 heterocycles. The molecule has 3 aromatic rings. The lowest BCUT2D eigenvalue weighted by molar-refractivity contribution is -0.138. The Bertz CT molecular complexity index is 2600. The number of aryl methyl sites for hydroxylation is 1. The van der Waals surface area contributed by atoms with Crippen molar-refractivity contribution in [2.75, 3.05) is 49.6 Å². The number of likely N-dealkylation sites (tertiary alicyclic amines) is 2. The number of methoxy groups -OCH3 is 1. The number of nitriles is 1. The van der Waals surface area contributed by atoms with E-state index in [1.807, 2.05) is 12.1 Å². The molecule has 334 valence electrons. The first kappa shape index (κ1) is 43.3. The highest BCUT2D eigenvalue weighted by molar-refractivity contribution is 7.81. The molecule has 4 fully saturated rings. The molecule has 0 bridgehead atoms. The fourth-order valence-corrected chi connectivity index (χ4v) is 10.6. The van der Waals surface area contributed by atoms with Crippen molar-refractivity contribution >= 4 is 58.2 Å². The van der Waals surface area contributed by atoms with Gasteiger partial charge < -0.3 is 24.2 Å². The summed E-state index contributed by atoms with van der Waals surface area (Å²) in [6, 6.07) is 11.3. The van der Waals surface area contributed by atoms with Crippen LogP contribution in [-0.4, -0.2) is 112 Å². The van der Waals surface area contributed by atoms with Crippen molar-refractivity contribution in [1.29, 1.82) is 5.26 Å². The van der Waals surface area contributed by atoms with Gasteiger partial charge in [-0.25, -0.2) is 4.39 Å². The third kappa shape index (κ3) is 7.15. The minimum absolute atomic E-state index is 0.120. The number of hydrogen-bond donors (Lipinski definition) is 1. The number of nitrogens with one attached hydrogen (secondary N) is 1. The Morgan fingerprint density at radius 3 is 2.36 bits per heavy atom. The quantitative estimate of drug-likeness (QED) is 0.192. The van der Waals surface area contributed by atoms with Gasteiger partial charge in [-0.2, -0.15) is 18.4 Å². The SMILES string of the molecule is COC1(CN2CC3(CCc4cc5c(cc4O3)CN(C3CCC(=O)NC3=O)C5=O)C2)CCN(C(=O)c2ccc(N3C(=S)N(c4ccc(C#N)c(C(F)(F)F)c4)C(=O)C3(C)C)cc2F)CC1. The van der Waals surface area contributed by atoms with Crippen molar-refractivity contribution in [3.05, 3.63) is 87.7 Å². The molecule has 0 aliphatic carbocycles. The number of rotatable bonds is 7. The number of thiocarbonyl (C=S) groups is 1. The Morgan fingerprint density at radius 2 is 1.70 bits per heavy atom. The standard InChI is InChI=1S/C45H43F4N7O7S/c1-42(2)40(61)55(28-5-4-26(20-50)32(18-28)45(47,48)49)41(64)56(42)29-6-7-30(33(46)19-29)38(59)53-14-12-43(62-3,13-15-53)22-52-23-44(24-52)11-10-25-16-31-27(17-35(25)63-44)21-54(39(31)60)34-8-9-36(57)51-37(34)58/h4-7,16-19,34H,8-15,21-24H2,1-3H3,(H,51,57,58). The predicted molar refractivity (Wildman–Crippen MR) is 225 cm³/mol. The second kappa shape index (κ2) is 15.3. The van der Waals surface area contributed by atoms with E-state index < -0.39 is 63.6 Å². The van der Waals surface area contributed by atoms with Gasteiger partial charge in [0.25, 0.3) is 17.7 Å². The van der Waals surface area contributed by atoms with Crippen molar-refractivity contribution in [2.24, 2.45) is 0 Å². The minimum atomic E-state index is -4.87. The van der Waals surface area contributed by atoms with E-state index in [9.17, 15) is 42.4 Å². The van der Waals surface area contributed by atoms with Crippen molar-refractivity contribution in [2.45, 2.75) is 87.9 Å². The van der Waals surface area contributed by atoms with Crippen molar-refractivity contribution in [3.8, 4) is 11.8 Å². The van der Waals surface area contributed by atoms with E-state index in [1.165, 1.54) is 47.9 Å². The summed E-state index contributed by atoms with van der Waals surface area (Å²) in [7, 11) is 1.64. The third-order valence-corrected chi connectivity index (χ3v) is 14.0. The van der Waals surface area contributed by atoms with E-state index in [2.05, 4.69) is 10.2 Å². The fraction of sp³-hybridized carbons (Fsp3) is 0.444. The summed E-state index contributed by atoms with van der Waals surface area (Å²) in [5.41, 5.74) is -2.27. The highest BCUT2D eigenvalue weighted by Crippen LogP contribution is 2.44. The van der Waals surface area contributed by atoms with Gasteiger partial charge in [-0.15, -0.1) is 0 Å². The van der Waals surface area contributed by atoms with E-state index in [0.29, 0.717) is 57.2 Å². The molecule has 1 spiro atoms. The summed E-state index contributed by atoms with van der Waals surface area (Å²) < 4.78 is 70.0. The van der Waals surface area contributed by atoms with E-state index in [0.717, 1.165) is 46.8 Å². The van der Waals surface area contributed by atoms with Crippen LogP contribution in [0.5, 0.6) is 5.75 Å². The number of benzene rings is 3. The first-order valence-corrected chi connectivity index (χ1v) is 21.3. The smallest absolute Gasteiger partial charge is 0.417 e. The number of carbonyl (C=O) groups is 5. The molecular weight excluding hydrogens is 859 g/mol. The minimum Gasteiger partial charge on any atom is -0.484 e. The molecule has 6 aliphatic rings. The fourth-order valence-electron chi connectivity index (χ4n) is 10.1. The van der Waals surface area contributed by atoms with Crippen molar-refractivity contribution < 1.29 is 51.0 Å². The van der Waals surface area contributed by atoms with Gasteiger partial charge in [0, 0.05) is 64.0 Å². The number of alkyl halides is 3. The van der Waals surface area contributed by atoms with Gasteiger partial charge in [0.05, 0.1) is 34.0 Å². The molecule has 64 heavy (non-hydrogen) atoms. The maximum atomic E-state index is 15.9. The molecular formula is C45H43F4N7O7S. The summed E-state index contributed by atoms with van der Waals surface area (Å²) in [6.07, 6.45) is -1.95. The molecule has 14 nitrogen and oxygen atoms in total. The van der Waals surface area contributed by atoms with Gasteiger partial charge in [0.2, 0.25) is 11.8 Å². The molecule has 0 radical (unpaired) electrons. The Morgan fingerprint density at radius 1 is 0.984 bits per heavy atom. The summed E-state index contributed by atoms with van der Waals surface area (Å²) in [5, 5.41) is 11.4. The van der Waals surface area contributed by atoms with Gasteiger partial charge in [-0.3, -0.25) is 39.1 Å². The summed E-state index contributed by atoms with van der Waals surface area (Å²) in [4.78, 5) is 72.6. The lowest BCUT2D eigenvalue weighted by Crippen LogP contribution is -2.69. The number of hydrogen-bond acceptors (Lipinski definition) is 10. The second-order valence-corrected chi connectivity index (χ2v) is 18.3. The number of nitrogens with zero attached hydrogens (tertiary/aromatic N) is 6. The van der Waals surface area contributed by atoms with Crippen LogP contribution in [0.4, 0.5) is 28.9 Å². The predicted octanol–water partition coefficient (Wildman–Crippen LogP) is 5.09. The number of piperidine rings is 2.